The Balaban J connectivity index is 1.55. The summed E-state index contributed by atoms with van der Waals surface area (Å²) in [6.45, 7) is 1.58. The zero-order valence-electron chi connectivity index (χ0n) is 18.0. The standard InChI is InChI=1S/C24H24N4O4/c1-30-18-9-16(10-19(11-18)31-2)13-27-23-17(15-32-22-6-4-3-5-20(22)23)14-28(27)24(29)21-12-25-7-8-26-21/h3-12,17,23H,13-15H2,1-2H3/t17-,23-/m1/s1. The lowest BCUT2D eigenvalue weighted by atomic mass is 9.91. The summed E-state index contributed by atoms with van der Waals surface area (Å²) in [6, 6.07) is 13.8. The van der Waals surface area contributed by atoms with Crippen molar-refractivity contribution in [3.05, 3.63) is 77.9 Å². The van der Waals surface area contributed by atoms with Crippen LogP contribution in [0.1, 0.15) is 27.7 Å². The summed E-state index contributed by atoms with van der Waals surface area (Å²) in [5, 5.41) is 3.88. The number of benzene rings is 2. The van der Waals surface area contributed by atoms with E-state index in [0.29, 0.717) is 36.9 Å². The van der Waals surface area contributed by atoms with Crippen LogP contribution in [0.2, 0.25) is 0 Å². The van der Waals surface area contributed by atoms with Gasteiger partial charge in [0.1, 0.15) is 22.9 Å². The topological polar surface area (TPSA) is 77.0 Å². The summed E-state index contributed by atoms with van der Waals surface area (Å²) in [7, 11) is 3.26. The fraction of sp³-hybridized carbons (Fsp3) is 0.292. The van der Waals surface area contributed by atoms with E-state index in [-0.39, 0.29) is 17.9 Å². The Hall–Kier alpha value is -3.65. The van der Waals surface area contributed by atoms with Gasteiger partial charge in [-0.05, 0) is 23.8 Å². The van der Waals surface area contributed by atoms with E-state index in [2.05, 4.69) is 21.0 Å². The molecule has 0 spiro atoms. The maximum absolute atomic E-state index is 13.4. The highest BCUT2D eigenvalue weighted by molar-refractivity contribution is 5.91. The Labute approximate surface area is 186 Å². The van der Waals surface area contributed by atoms with Crippen molar-refractivity contribution in [2.45, 2.75) is 12.6 Å². The van der Waals surface area contributed by atoms with Gasteiger partial charge in [0.15, 0.2) is 0 Å². The van der Waals surface area contributed by atoms with E-state index in [1.165, 1.54) is 12.4 Å². The Morgan fingerprint density at radius 2 is 1.91 bits per heavy atom. The van der Waals surface area contributed by atoms with Gasteiger partial charge < -0.3 is 14.2 Å². The number of carbonyl (C=O) groups excluding carboxylic acids is 1. The van der Waals surface area contributed by atoms with Gasteiger partial charge in [-0.3, -0.25) is 14.8 Å². The molecule has 0 aliphatic carbocycles. The normalized spacial score (nSPS) is 19.6. The summed E-state index contributed by atoms with van der Waals surface area (Å²) in [4.78, 5) is 21.7. The van der Waals surface area contributed by atoms with Crippen molar-refractivity contribution in [3.8, 4) is 17.2 Å². The summed E-state index contributed by atoms with van der Waals surface area (Å²) in [6.07, 6.45) is 4.60. The fourth-order valence-corrected chi connectivity index (χ4v) is 4.50. The first-order chi connectivity index (χ1) is 15.7. The summed E-state index contributed by atoms with van der Waals surface area (Å²) in [5.41, 5.74) is 2.37. The first-order valence-electron chi connectivity index (χ1n) is 10.5. The molecule has 0 N–H and O–H groups in total. The van der Waals surface area contributed by atoms with Gasteiger partial charge in [-0.25, -0.2) is 9.99 Å². The van der Waals surface area contributed by atoms with Crippen molar-refractivity contribution >= 4 is 5.91 Å². The number of hydrogen-bond donors (Lipinski definition) is 0. The lowest BCUT2D eigenvalue weighted by Crippen LogP contribution is -2.42. The van der Waals surface area contributed by atoms with Crippen LogP contribution >= 0.6 is 0 Å². The quantitative estimate of drug-likeness (QED) is 0.613. The zero-order chi connectivity index (χ0) is 22.1. The maximum Gasteiger partial charge on any atom is 0.288 e. The number of methoxy groups -OCH3 is 2. The minimum atomic E-state index is -0.181. The predicted molar refractivity (Wildman–Crippen MR) is 116 cm³/mol. The van der Waals surface area contributed by atoms with Crippen LogP contribution in [0.3, 0.4) is 0 Å². The molecule has 1 saturated heterocycles. The summed E-state index contributed by atoms with van der Waals surface area (Å²) < 4.78 is 16.9. The van der Waals surface area contributed by atoms with Gasteiger partial charge in [0, 0.05) is 43.0 Å². The Morgan fingerprint density at radius 3 is 2.62 bits per heavy atom. The molecule has 3 aromatic rings. The number of hydrogen-bond acceptors (Lipinski definition) is 7. The third kappa shape index (κ3) is 3.62. The minimum absolute atomic E-state index is 0.00207. The number of para-hydroxylation sites is 1. The molecule has 2 aliphatic rings. The number of aromatic nitrogens is 2. The second-order valence-corrected chi connectivity index (χ2v) is 7.85. The molecule has 8 heteroatoms. The van der Waals surface area contributed by atoms with Crippen LogP contribution in [0.4, 0.5) is 0 Å². The third-order valence-corrected chi connectivity index (χ3v) is 5.95. The molecule has 0 bridgehead atoms. The van der Waals surface area contributed by atoms with E-state index in [0.717, 1.165) is 16.9 Å². The number of hydrazine groups is 1. The molecule has 2 aliphatic heterocycles. The minimum Gasteiger partial charge on any atom is -0.497 e. The maximum atomic E-state index is 13.4. The molecule has 8 nitrogen and oxygen atoms in total. The van der Waals surface area contributed by atoms with E-state index < -0.39 is 0 Å². The van der Waals surface area contributed by atoms with E-state index in [1.807, 2.05) is 36.4 Å². The fourth-order valence-electron chi connectivity index (χ4n) is 4.50. The van der Waals surface area contributed by atoms with Crippen LogP contribution in [0, 0.1) is 5.92 Å². The lowest BCUT2D eigenvalue weighted by molar-refractivity contribution is -0.00642. The number of rotatable bonds is 5. The van der Waals surface area contributed by atoms with E-state index in [9.17, 15) is 4.79 Å². The molecule has 1 amide bonds. The smallest absolute Gasteiger partial charge is 0.288 e. The number of carbonyl (C=O) groups is 1. The van der Waals surface area contributed by atoms with Gasteiger partial charge in [0.05, 0.1) is 33.1 Å². The predicted octanol–water partition coefficient (Wildman–Crippen LogP) is 3.12. The van der Waals surface area contributed by atoms with Crippen molar-refractivity contribution in [2.75, 3.05) is 27.4 Å². The average molecular weight is 432 g/mol. The molecule has 0 radical (unpaired) electrons. The molecular formula is C24H24N4O4. The van der Waals surface area contributed by atoms with Gasteiger partial charge in [0.2, 0.25) is 0 Å². The van der Waals surface area contributed by atoms with Gasteiger partial charge in [-0.15, -0.1) is 0 Å². The first-order valence-corrected chi connectivity index (χ1v) is 10.5. The Morgan fingerprint density at radius 1 is 1.12 bits per heavy atom. The molecule has 2 aromatic carbocycles. The van der Waals surface area contributed by atoms with E-state index >= 15 is 0 Å². The number of amides is 1. The van der Waals surface area contributed by atoms with Gasteiger partial charge >= 0.3 is 0 Å². The molecule has 164 valence electrons. The molecule has 1 aromatic heterocycles. The highest BCUT2D eigenvalue weighted by atomic mass is 16.5. The Bertz CT molecular complexity index is 1100. The van der Waals surface area contributed by atoms with Crippen molar-refractivity contribution in [3.63, 3.8) is 0 Å². The Kier molecular flexibility index (Phi) is 5.36. The van der Waals surface area contributed by atoms with Crippen molar-refractivity contribution < 1.29 is 19.0 Å². The molecule has 5 rings (SSSR count). The monoisotopic (exact) mass is 432 g/mol. The van der Waals surface area contributed by atoms with Gasteiger partial charge in [-0.1, -0.05) is 18.2 Å². The average Bonchev–Trinajstić information content (AvgIpc) is 3.22. The number of nitrogens with zero attached hydrogens (tertiary/aromatic N) is 4. The largest absolute Gasteiger partial charge is 0.497 e. The summed E-state index contributed by atoms with van der Waals surface area (Å²) >= 11 is 0. The molecule has 3 heterocycles. The summed E-state index contributed by atoms with van der Waals surface area (Å²) in [5.74, 6) is 2.22. The zero-order valence-corrected chi connectivity index (χ0v) is 18.0. The first kappa shape index (κ1) is 20.3. The second-order valence-electron chi connectivity index (χ2n) is 7.85. The SMILES string of the molecule is COc1cc(CN2[C@H]3c4ccccc4OC[C@H]3CN2C(=O)c2cnccn2)cc(OC)c1. The van der Waals surface area contributed by atoms with E-state index in [4.69, 9.17) is 14.2 Å². The molecular weight excluding hydrogens is 408 g/mol. The second kappa shape index (κ2) is 8.47. The van der Waals surface area contributed by atoms with Crippen LogP contribution in [0.15, 0.2) is 61.1 Å². The van der Waals surface area contributed by atoms with Crippen LogP contribution in [-0.2, 0) is 6.54 Å². The van der Waals surface area contributed by atoms with Gasteiger partial charge in [0.25, 0.3) is 5.91 Å². The van der Waals surface area contributed by atoms with Gasteiger partial charge in [-0.2, -0.15) is 0 Å². The van der Waals surface area contributed by atoms with Crippen molar-refractivity contribution in [2.24, 2.45) is 5.92 Å². The molecule has 2 atom stereocenters. The van der Waals surface area contributed by atoms with Crippen molar-refractivity contribution in [1.29, 1.82) is 0 Å². The molecule has 1 fully saturated rings. The highest BCUT2D eigenvalue weighted by Crippen LogP contribution is 2.45. The van der Waals surface area contributed by atoms with E-state index in [1.54, 1.807) is 25.4 Å². The van der Waals surface area contributed by atoms with Crippen LogP contribution < -0.4 is 14.2 Å². The number of fused-ring (bicyclic) bond motifs is 3. The molecule has 0 saturated carbocycles. The van der Waals surface area contributed by atoms with Crippen LogP contribution in [0.5, 0.6) is 17.2 Å². The van der Waals surface area contributed by atoms with Crippen LogP contribution in [-0.4, -0.2) is 53.3 Å². The molecule has 0 unspecified atom stereocenters. The van der Waals surface area contributed by atoms with Crippen molar-refractivity contribution in [1.82, 2.24) is 20.0 Å². The number of ether oxygens (including phenoxy) is 3. The molecule has 32 heavy (non-hydrogen) atoms. The van der Waals surface area contributed by atoms with Crippen LogP contribution in [0.25, 0.3) is 0 Å². The highest BCUT2D eigenvalue weighted by Gasteiger charge is 2.46. The third-order valence-electron chi connectivity index (χ3n) is 5.95. The lowest BCUT2D eigenvalue weighted by Gasteiger charge is -2.35.